The Morgan fingerprint density at radius 3 is 2.92 bits per heavy atom. The molecule has 1 aromatic rings. The van der Waals surface area contributed by atoms with Crippen LogP contribution in [0.15, 0.2) is 33.7 Å². The molecular formula is C10H8BrNO. The highest BCUT2D eigenvalue weighted by atomic mass is 79.9. The second-order valence-corrected chi connectivity index (χ2v) is 4.01. The van der Waals surface area contributed by atoms with Crippen molar-refractivity contribution in [2.75, 3.05) is 0 Å². The summed E-state index contributed by atoms with van der Waals surface area (Å²) in [7, 11) is 0. The second-order valence-electron chi connectivity index (χ2n) is 3.15. The number of halogens is 1. The Kier molecular flexibility index (Phi) is 2.30. The molecule has 0 spiro atoms. The molecule has 0 unspecified atom stereocenters. The van der Waals surface area contributed by atoms with Gasteiger partial charge in [0.25, 0.3) is 0 Å². The monoisotopic (exact) mass is 237 g/mol. The smallest absolute Gasteiger partial charge is 0.211 e. The topological polar surface area (TPSA) is 29.4 Å². The molecule has 0 radical (unpaired) electrons. The number of isocyanates is 1. The van der Waals surface area contributed by atoms with E-state index in [0.29, 0.717) is 5.92 Å². The standard InChI is InChI=1S/C10H8BrNO/c11-9-4-2-1-3-7(9)8-5-10(8)12-6-13/h1-4,8,10H,5H2/t8-,10+/m1/s1. The van der Waals surface area contributed by atoms with Gasteiger partial charge < -0.3 is 0 Å². The Morgan fingerprint density at radius 2 is 2.23 bits per heavy atom. The fourth-order valence-corrected chi connectivity index (χ4v) is 2.08. The summed E-state index contributed by atoms with van der Waals surface area (Å²) in [6.45, 7) is 0. The first-order valence-electron chi connectivity index (χ1n) is 4.14. The summed E-state index contributed by atoms with van der Waals surface area (Å²) in [6.07, 6.45) is 2.58. The Hall–Kier alpha value is -0.920. The number of aliphatic imine (C=N–C) groups is 1. The summed E-state index contributed by atoms with van der Waals surface area (Å²) in [6, 6.07) is 8.22. The first kappa shape index (κ1) is 8.67. The summed E-state index contributed by atoms with van der Waals surface area (Å²) in [4.78, 5) is 13.7. The number of hydrogen-bond acceptors (Lipinski definition) is 2. The van der Waals surface area contributed by atoms with Crippen molar-refractivity contribution in [1.82, 2.24) is 0 Å². The molecular weight excluding hydrogens is 230 g/mol. The van der Waals surface area contributed by atoms with Gasteiger partial charge in [-0.15, -0.1) is 0 Å². The zero-order valence-electron chi connectivity index (χ0n) is 6.90. The van der Waals surface area contributed by atoms with E-state index in [1.165, 1.54) is 5.56 Å². The van der Waals surface area contributed by atoms with Gasteiger partial charge in [-0.1, -0.05) is 34.1 Å². The molecule has 2 atom stereocenters. The molecule has 0 aromatic heterocycles. The van der Waals surface area contributed by atoms with Crippen molar-refractivity contribution >= 4 is 22.0 Å². The second kappa shape index (κ2) is 3.44. The zero-order valence-corrected chi connectivity index (χ0v) is 8.49. The molecule has 1 aliphatic carbocycles. The minimum atomic E-state index is 0.163. The minimum absolute atomic E-state index is 0.163. The van der Waals surface area contributed by atoms with Crippen LogP contribution in [0, 0.1) is 0 Å². The van der Waals surface area contributed by atoms with E-state index in [-0.39, 0.29) is 6.04 Å². The molecule has 3 heteroatoms. The summed E-state index contributed by atoms with van der Waals surface area (Å²) in [5, 5.41) is 0. The average Bonchev–Trinajstić information content (AvgIpc) is 2.86. The van der Waals surface area contributed by atoms with Crippen molar-refractivity contribution in [3.8, 4) is 0 Å². The quantitative estimate of drug-likeness (QED) is 0.575. The van der Waals surface area contributed by atoms with Crippen LogP contribution < -0.4 is 0 Å². The Morgan fingerprint density at radius 1 is 1.46 bits per heavy atom. The minimum Gasteiger partial charge on any atom is -0.211 e. The lowest BCUT2D eigenvalue weighted by Crippen LogP contribution is -1.85. The average molecular weight is 238 g/mol. The fourth-order valence-electron chi connectivity index (χ4n) is 1.50. The van der Waals surface area contributed by atoms with Gasteiger partial charge in [0.05, 0.1) is 6.04 Å². The summed E-state index contributed by atoms with van der Waals surface area (Å²) in [5.74, 6) is 0.414. The Balaban J connectivity index is 2.20. The van der Waals surface area contributed by atoms with Crippen LogP contribution in [0.4, 0.5) is 0 Å². The van der Waals surface area contributed by atoms with Gasteiger partial charge in [0.1, 0.15) is 0 Å². The molecule has 2 rings (SSSR count). The van der Waals surface area contributed by atoms with Gasteiger partial charge >= 0.3 is 0 Å². The Labute approximate surface area is 84.8 Å². The maximum absolute atomic E-state index is 10.0. The molecule has 1 aliphatic rings. The van der Waals surface area contributed by atoms with E-state index in [1.54, 1.807) is 6.08 Å². The van der Waals surface area contributed by atoms with Crippen molar-refractivity contribution in [1.29, 1.82) is 0 Å². The van der Waals surface area contributed by atoms with E-state index in [2.05, 4.69) is 27.0 Å². The largest absolute Gasteiger partial charge is 0.235 e. The third-order valence-corrected chi connectivity index (χ3v) is 3.00. The van der Waals surface area contributed by atoms with E-state index in [1.807, 2.05) is 18.2 Å². The van der Waals surface area contributed by atoms with Crippen LogP contribution in [-0.4, -0.2) is 12.1 Å². The van der Waals surface area contributed by atoms with Gasteiger partial charge in [-0.05, 0) is 18.1 Å². The molecule has 0 heterocycles. The SMILES string of the molecule is O=C=N[C@H]1C[C@@H]1c1ccccc1Br. The molecule has 2 nitrogen and oxygen atoms in total. The van der Waals surface area contributed by atoms with Gasteiger partial charge in [0.15, 0.2) is 0 Å². The zero-order chi connectivity index (χ0) is 9.26. The lowest BCUT2D eigenvalue weighted by Gasteiger charge is -1.99. The van der Waals surface area contributed by atoms with E-state index in [9.17, 15) is 4.79 Å². The maximum Gasteiger partial charge on any atom is 0.235 e. The Bertz CT molecular complexity index is 371. The van der Waals surface area contributed by atoms with E-state index >= 15 is 0 Å². The van der Waals surface area contributed by atoms with Crippen molar-refractivity contribution in [2.45, 2.75) is 18.4 Å². The fraction of sp³-hybridized carbons (Fsp3) is 0.300. The third kappa shape index (κ3) is 1.71. The highest BCUT2D eigenvalue weighted by Crippen LogP contribution is 2.45. The van der Waals surface area contributed by atoms with Crippen molar-refractivity contribution in [3.05, 3.63) is 34.3 Å². The van der Waals surface area contributed by atoms with Crippen LogP contribution in [-0.2, 0) is 4.79 Å². The predicted octanol–water partition coefficient (Wildman–Crippen LogP) is 2.64. The van der Waals surface area contributed by atoms with Gasteiger partial charge in [-0.3, -0.25) is 0 Å². The number of hydrogen-bond donors (Lipinski definition) is 0. The van der Waals surface area contributed by atoms with Crippen LogP contribution in [0.25, 0.3) is 0 Å². The van der Waals surface area contributed by atoms with E-state index < -0.39 is 0 Å². The van der Waals surface area contributed by atoms with Crippen molar-refractivity contribution in [3.63, 3.8) is 0 Å². The van der Waals surface area contributed by atoms with Crippen LogP contribution in [0.5, 0.6) is 0 Å². The molecule has 0 saturated heterocycles. The molecule has 1 fully saturated rings. The third-order valence-electron chi connectivity index (χ3n) is 2.28. The normalized spacial score (nSPS) is 25.0. The summed E-state index contributed by atoms with van der Waals surface area (Å²) < 4.78 is 1.10. The first-order valence-corrected chi connectivity index (χ1v) is 4.93. The van der Waals surface area contributed by atoms with E-state index in [0.717, 1.165) is 10.9 Å². The van der Waals surface area contributed by atoms with Gasteiger partial charge in [-0.25, -0.2) is 9.79 Å². The van der Waals surface area contributed by atoms with Crippen LogP contribution >= 0.6 is 15.9 Å². The van der Waals surface area contributed by atoms with E-state index in [4.69, 9.17) is 0 Å². The lowest BCUT2D eigenvalue weighted by molar-refractivity contribution is 0.562. The molecule has 1 saturated carbocycles. The number of rotatable bonds is 2. The highest BCUT2D eigenvalue weighted by molar-refractivity contribution is 9.10. The van der Waals surface area contributed by atoms with Gasteiger partial charge in [0.2, 0.25) is 6.08 Å². The molecule has 0 bridgehead atoms. The van der Waals surface area contributed by atoms with Crippen molar-refractivity contribution < 1.29 is 4.79 Å². The van der Waals surface area contributed by atoms with Crippen LogP contribution in [0.1, 0.15) is 17.9 Å². The number of nitrogens with zero attached hydrogens (tertiary/aromatic N) is 1. The van der Waals surface area contributed by atoms with Gasteiger partial charge in [-0.2, -0.15) is 0 Å². The molecule has 66 valence electrons. The molecule has 13 heavy (non-hydrogen) atoms. The number of benzene rings is 1. The van der Waals surface area contributed by atoms with Gasteiger partial charge in [0, 0.05) is 10.4 Å². The molecule has 0 aliphatic heterocycles. The van der Waals surface area contributed by atoms with Crippen LogP contribution in [0.2, 0.25) is 0 Å². The molecule has 0 amide bonds. The van der Waals surface area contributed by atoms with Crippen molar-refractivity contribution in [2.24, 2.45) is 4.99 Å². The molecule has 1 aromatic carbocycles. The lowest BCUT2D eigenvalue weighted by atomic mass is 10.1. The maximum atomic E-state index is 10.0. The summed E-state index contributed by atoms with van der Waals surface area (Å²) in [5.41, 5.74) is 1.24. The number of carbonyl (C=O) groups excluding carboxylic acids is 1. The van der Waals surface area contributed by atoms with Crippen LogP contribution in [0.3, 0.4) is 0 Å². The molecule has 0 N–H and O–H groups in total. The highest BCUT2D eigenvalue weighted by Gasteiger charge is 2.39. The summed E-state index contributed by atoms with van der Waals surface area (Å²) >= 11 is 3.48. The first-order chi connectivity index (χ1) is 6.33. The predicted molar refractivity (Wildman–Crippen MR) is 53.4 cm³/mol.